The Morgan fingerprint density at radius 2 is 1.95 bits per heavy atom. The standard InChI is InChI=1S/C20H28O2/c1-8-16-13(4)10-15(9-12(2)3)19-14(5)20(22-7)18(21-6)11-17(16)19/h8-9,11,13,15-16H,1,10H2,2-7H3/t13-,15+,16+/m0/s1. The van der Waals surface area contributed by atoms with Crippen molar-refractivity contribution >= 4 is 0 Å². The van der Waals surface area contributed by atoms with Crippen molar-refractivity contribution in [1.82, 2.24) is 0 Å². The van der Waals surface area contributed by atoms with Crippen molar-refractivity contribution in [3.8, 4) is 11.5 Å². The van der Waals surface area contributed by atoms with Gasteiger partial charge in [-0.2, -0.15) is 0 Å². The molecule has 2 nitrogen and oxygen atoms in total. The predicted molar refractivity (Wildman–Crippen MR) is 93.2 cm³/mol. The maximum absolute atomic E-state index is 5.61. The van der Waals surface area contributed by atoms with Gasteiger partial charge in [-0.15, -0.1) is 6.58 Å². The Kier molecular flexibility index (Phi) is 5.00. The third-order valence-electron chi connectivity index (χ3n) is 4.75. The van der Waals surface area contributed by atoms with Crippen LogP contribution >= 0.6 is 0 Å². The van der Waals surface area contributed by atoms with Gasteiger partial charge < -0.3 is 9.47 Å². The molecule has 0 aliphatic heterocycles. The molecule has 1 aromatic carbocycles. The summed E-state index contributed by atoms with van der Waals surface area (Å²) in [6, 6.07) is 2.15. The summed E-state index contributed by atoms with van der Waals surface area (Å²) in [6.07, 6.45) is 5.60. The average molecular weight is 300 g/mol. The van der Waals surface area contributed by atoms with E-state index in [1.165, 1.54) is 22.3 Å². The van der Waals surface area contributed by atoms with E-state index in [-0.39, 0.29) is 0 Å². The van der Waals surface area contributed by atoms with Gasteiger partial charge in [0, 0.05) is 11.8 Å². The van der Waals surface area contributed by atoms with Crippen molar-refractivity contribution in [2.45, 2.75) is 46.0 Å². The molecule has 1 aliphatic rings. The van der Waals surface area contributed by atoms with E-state index in [4.69, 9.17) is 9.47 Å². The van der Waals surface area contributed by atoms with Gasteiger partial charge in [-0.1, -0.05) is 24.6 Å². The fourth-order valence-corrected chi connectivity index (χ4v) is 3.87. The molecule has 0 N–H and O–H groups in total. The van der Waals surface area contributed by atoms with E-state index >= 15 is 0 Å². The molecule has 2 rings (SSSR count). The van der Waals surface area contributed by atoms with E-state index < -0.39 is 0 Å². The first-order chi connectivity index (χ1) is 10.4. The summed E-state index contributed by atoms with van der Waals surface area (Å²) in [5.41, 5.74) is 5.28. The molecule has 2 heteroatoms. The van der Waals surface area contributed by atoms with Gasteiger partial charge in [-0.3, -0.25) is 0 Å². The minimum absolute atomic E-state index is 0.371. The molecule has 0 amide bonds. The normalized spacial score (nSPS) is 23.5. The van der Waals surface area contributed by atoms with Gasteiger partial charge in [-0.25, -0.2) is 0 Å². The highest BCUT2D eigenvalue weighted by atomic mass is 16.5. The van der Waals surface area contributed by atoms with Crippen LogP contribution in [0.4, 0.5) is 0 Å². The van der Waals surface area contributed by atoms with Crippen LogP contribution in [0.25, 0.3) is 0 Å². The Morgan fingerprint density at radius 3 is 2.45 bits per heavy atom. The summed E-state index contributed by atoms with van der Waals surface area (Å²) in [5.74, 6) is 3.05. The number of allylic oxidation sites excluding steroid dienone is 3. The first-order valence-corrected chi connectivity index (χ1v) is 7.97. The Hall–Kier alpha value is -1.70. The zero-order valence-electron chi connectivity index (χ0n) is 14.7. The number of methoxy groups -OCH3 is 2. The van der Waals surface area contributed by atoms with Crippen LogP contribution in [-0.2, 0) is 0 Å². The highest BCUT2D eigenvalue weighted by molar-refractivity contribution is 5.58. The molecule has 0 heterocycles. The molecule has 0 unspecified atom stereocenters. The van der Waals surface area contributed by atoms with Gasteiger partial charge in [0.15, 0.2) is 11.5 Å². The number of hydrogen-bond donors (Lipinski definition) is 0. The molecule has 1 aliphatic carbocycles. The summed E-state index contributed by atoms with van der Waals surface area (Å²) in [6.45, 7) is 12.8. The maximum atomic E-state index is 5.61. The Morgan fingerprint density at radius 1 is 1.27 bits per heavy atom. The van der Waals surface area contributed by atoms with Crippen LogP contribution in [0.15, 0.2) is 30.4 Å². The van der Waals surface area contributed by atoms with E-state index in [1.54, 1.807) is 14.2 Å². The lowest BCUT2D eigenvalue weighted by atomic mass is 9.69. The molecule has 3 atom stereocenters. The van der Waals surface area contributed by atoms with Crippen LogP contribution in [0, 0.1) is 12.8 Å². The zero-order chi connectivity index (χ0) is 16.4. The Balaban J connectivity index is 2.74. The summed E-state index contributed by atoms with van der Waals surface area (Å²) in [5, 5.41) is 0. The largest absolute Gasteiger partial charge is 0.493 e. The fourth-order valence-electron chi connectivity index (χ4n) is 3.87. The number of ether oxygens (including phenoxy) is 2. The number of fused-ring (bicyclic) bond motifs is 1. The van der Waals surface area contributed by atoms with Gasteiger partial charge in [0.05, 0.1) is 14.2 Å². The highest BCUT2D eigenvalue weighted by Gasteiger charge is 2.33. The molecule has 0 radical (unpaired) electrons. The second-order valence-electron chi connectivity index (χ2n) is 6.56. The number of hydrogen-bond acceptors (Lipinski definition) is 2. The topological polar surface area (TPSA) is 18.5 Å². The van der Waals surface area contributed by atoms with Gasteiger partial charge in [0.1, 0.15) is 0 Å². The van der Waals surface area contributed by atoms with Gasteiger partial charge in [-0.05, 0) is 55.9 Å². The van der Waals surface area contributed by atoms with E-state index in [0.717, 1.165) is 17.9 Å². The van der Waals surface area contributed by atoms with E-state index in [9.17, 15) is 0 Å². The molecule has 0 saturated heterocycles. The lowest BCUT2D eigenvalue weighted by Crippen LogP contribution is -2.21. The van der Waals surface area contributed by atoms with Gasteiger partial charge >= 0.3 is 0 Å². The van der Waals surface area contributed by atoms with Gasteiger partial charge in [0.25, 0.3) is 0 Å². The molecule has 0 saturated carbocycles. The third-order valence-corrected chi connectivity index (χ3v) is 4.75. The predicted octanol–water partition coefficient (Wildman–Crippen LogP) is 5.37. The van der Waals surface area contributed by atoms with E-state index in [2.05, 4.69) is 52.5 Å². The zero-order valence-corrected chi connectivity index (χ0v) is 14.7. The summed E-state index contributed by atoms with van der Waals surface area (Å²) >= 11 is 0. The number of rotatable bonds is 4. The molecule has 1 aromatic rings. The van der Waals surface area contributed by atoms with Crippen LogP contribution in [0.3, 0.4) is 0 Å². The SMILES string of the molecule is C=C[C@H]1c2cc(OC)c(OC)c(C)c2[C@H](C=C(C)C)C[C@@H]1C. The molecular weight excluding hydrogens is 272 g/mol. The van der Waals surface area contributed by atoms with Crippen molar-refractivity contribution in [2.75, 3.05) is 14.2 Å². The smallest absolute Gasteiger partial charge is 0.163 e. The molecular formula is C20H28O2. The van der Waals surface area contributed by atoms with Crippen LogP contribution in [-0.4, -0.2) is 14.2 Å². The molecule has 0 bridgehead atoms. The van der Waals surface area contributed by atoms with Crippen molar-refractivity contribution in [3.05, 3.63) is 47.1 Å². The lowest BCUT2D eigenvalue weighted by molar-refractivity contribution is 0.347. The minimum Gasteiger partial charge on any atom is -0.493 e. The van der Waals surface area contributed by atoms with E-state index in [0.29, 0.717) is 17.8 Å². The second-order valence-corrected chi connectivity index (χ2v) is 6.56. The van der Waals surface area contributed by atoms with Crippen molar-refractivity contribution in [2.24, 2.45) is 5.92 Å². The molecule has 120 valence electrons. The van der Waals surface area contributed by atoms with Crippen molar-refractivity contribution in [1.29, 1.82) is 0 Å². The van der Waals surface area contributed by atoms with Crippen molar-refractivity contribution in [3.63, 3.8) is 0 Å². The van der Waals surface area contributed by atoms with Gasteiger partial charge in [0.2, 0.25) is 0 Å². The summed E-state index contributed by atoms with van der Waals surface area (Å²) < 4.78 is 11.2. The lowest BCUT2D eigenvalue weighted by Gasteiger charge is -2.36. The monoisotopic (exact) mass is 300 g/mol. The van der Waals surface area contributed by atoms with Crippen LogP contribution in [0.1, 0.15) is 55.7 Å². The third kappa shape index (κ3) is 2.79. The maximum Gasteiger partial charge on any atom is 0.163 e. The molecule has 0 spiro atoms. The molecule has 22 heavy (non-hydrogen) atoms. The average Bonchev–Trinajstić information content (AvgIpc) is 2.45. The fraction of sp³-hybridized carbons (Fsp3) is 0.500. The first-order valence-electron chi connectivity index (χ1n) is 7.97. The van der Waals surface area contributed by atoms with Crippen LogP contribution in [0.5, 0.6) is 11.5 Å². The van der Waals surface area contributed by atoms with Crippen LogP contribution in [0.2, 0.25) is 0 Å². The Bertz CT molecular complexity index is 594. The van der Waals surface area contributed by atoms with Crippen molar-refractivity contribution < 1.29 is 9.47 Å². The van der Waals surface area contributed by atoms with E-state index in [1.807, 2.05) is 0 Å². The molecule has 0 fully saturated rings. The number of benzene rings is 1. The molecule has 0 aromatic heterocycles. The quantitative estimate of drug-likeness (QED) is 0.696. The van der Waals surface area contributed by atoms with Crippen LogP contribution < -0.4 is 9.47 Å². The summed E-state index contributed by atoms with van der Waals surface area (Å²) in [4.78, 5) is 0. The Labute approximate surface area is 134 Å². The minimum atomic E-state index is 0.371. The second kappa shape index (κ2) is 6.60. The highest BCUT2D eigenvalue weighted by Crippen LogP contribution is 2.49. The first kappa shape index (κ1) is 16.7. The summed E-state index contributed by atoms with van der Waals surface area (Å²) in [7, 11) is 3.41.